The second-order valence-corrected chi connectivity index (χ2v) is 4.50. The molecular weight excluding hydrogens is 196 g/mol. The number of nitrogens with zero attached hydrogens (tertiary/aromatic N) is 1. The molecule has 1 rings (SSSR count). The number of thioether (sulfide) groups is 1. The van der Waals surface area contributed by atoms with Crippen LogP contribution in [-0.4, -0.2) is 29.0 Å². The zero-order valence-corrected chi connectivity index (χ0v) is 9.34. The van der Waals surface area contributed by atoms with Gasteiger partial charge in [-0.05, 0) is 12.1 Å². The van der Waals surface area contributed by atoms with Crippen molar-refractivity contribution in [2.24, 2.45) is 0 Å². The summed E-state index contributed by atoms with van der Waals surface area (Å²) in [5.74, 6) is 1.73. The molecule has 0 amide bonds. The lowest BCUT2D eigenvalue weighted by Crippen LogP contribution is -2.03. The highest BCUT2D eigenvalue weighted by molar-refractivity contribution is 7.99. The van der Waals surface area contributed by atoms with Gasteiger partial charge in [0.05, 0.1) is 12.3 Å². The van der Waals surface area contributed by atoms with Gasteiger partial charge >= 0.3 is 0 Å². The maximum Gasteiger partial charge on any atom is 0.125 e. The minimum Gasteiger partial charge on any atom is -0.395 e. The predicted molar refractivity (Wildman–Crippen MR) is 61.6 cm³/mol. The molecule has 0 aliphatic heterocycles. The Morgan fingerprint density at radius 3 is 3.00 bits per heavy atom. The third kappa shape index (κ3) is 3.55. The molecule has 0 spiro atoms. The van der Waals surface area contributed by atoms with Crippen LogP contribution in [0, 0.1) is 0 Å². The maximum absolute atomic E-state index is 8.86. The van der Waals surface area contributed by atoms with E-state index >= 15 is 0 Å². The summed E-state index contributed by atoms with van der Waals surface area (Å²) in [4.78, 5) is 4.38. The first-order valence-corrected chi connectivity index (χ1v) is 5.67. The lowest BCUT2D eigenvalue weighted by atomic mass is 10.4. The Balaban J connectivity index is 2.50. The van der Waals surface area contributed by atoms with Crippen LogP contribution in [-0.2, 0) is 5.75 Å². The van der Waals surface area contributed by atoms with Gasteiger partial charge in [-0.15, -0.1) is 0 Å². The van der Waals surface area contributed by atoms with Gasteiger partial charge in [0.25, 0.3) is 0 Å². The molecule has 1 unspecified atom stereocenters. The van der Waals surface area contributed by atoms with Crippen molar-refractivity contribution in [3.63, 3.8) is 0 Å². The van der Waals surface area contributed by atoms with Gasteiger partial charge in [-0.25, -0.2) is 4.98 Å². The van der Waals surface area contributed by atoms with E-state index in [1.807, 2.05) is 32.2 Å². The van der Waals surface area contributed by atoms with Crippen molar-refractivity contribution in [3.05, 3.63) is 23.9 Å². The molecule has 0 aliphatic carbocycles. The van der Waals surface area contributed by atoms with E-state index in [2.05, 4.69) is 10.3 Å². The van der Waals surface area contributed by atoms with Gasteiger partial charge in [0.15, 0.2) is 0 Å². The summed E-state index contributed by atoms with van der Waals surface area (Å²) < 4.78 is 0. The molecule has 0 saturated heterocycles. The summed E-state index contributed by atoms with van der Waals surface area (Å²) in [7, 11) is 1.86. The lowest BCUT2D eigenvalue weighted by Gasteiger charge is -2.07. The van der Waals surface area contributed by atoms with E-state index < -0.39 is 0 Å². The minimum absolute atomic E-state index is 0.219. The molecule has 1 atom stereocenters. The normalized spacial score (nSPS) is 12.5. The highest BCUT2D eigenvalue weighted by Gasteiger charge is 2.02. The largest absolute Gasteiger partial charge is 0.395 e. The average molecular weight is 212 g/mol. The van der Waals surface area contributed by atoms with Crippen LogP contribution in [0.3, 0.4) is 0 Å². The Bertz CT molecular complexity index is 281. The number of hydrogen-bond donors (Lipinski definition) is 2. The number of hydrogen-bond acceptors (Lipinski definition) is 4. The second kappa shape index (κ2) is 5.88. The molecule has 0 bridgehead atoms. The molecular formula is C10H16N2OS. The third-order valence-corrected chi connectivity index (χ3v) is 3.02. The molecule has 14 heavy (non-hydrogen) atoms. The van der Waals surface area contributed by atoms with Gasteiger partial charge in [-0.1, -0.05) is 13.0 Å². The fourth-order valence-electron chi connectivity index (χ4n) is 0.980. The van der Waals surface area contributed by atoms with Crippen LogP contribution >= 0.6 is 11.8 Å². The number of pyridine rings is 1. The van der Waals surface area contributed by atoms with Crippen molar-refractivity contribution in [1.82, 2.24) is 4.98 Å². The monoisotopic (exact) mass is 212 g/mol. The first-order chi connectivity index (χ1) is 6.76. The van der Waals surface area contributed by atoms with E-state index in [9.17, 15) is 0 Å². The topological polar surface area (TPSA) is 45.1 Å². The predicted octanol–water partition coefficient (Wildman–Crippen LogP) is 1.74. The van der Waals surface area contributed by atoms with E-state index in [-0.39, 0.29) is 11.9 Å². The highest BCUT2D eigenvalue weighted by Crippen LogP contribution is 2.16. The van der Waals surface area contributed by atoms with Crippen molar-refractivity contribution in [2.45, 2.75) is 17.9 Å². The van der Waals surface area contributed by atoms with Gasteiger partial charge in [-0.2, -0.15) is 11.8 Å². The number of rotatable bonds is 5. The Kier molecular flexibility index (Phi) is 4.76. The standard InChI is InChI=1S/C10H16N2OS/c1-8(6-13)14-7-9-4-3-5-10(11-2)12-9/h3-5,8,13H,6-7H2,1-2H3,(H,11,12). The summed E-state index contributed by atoms with van der Waals surface area (Å²) in [5, 5.41) is 12.1. The number of aromatic nitrogens is 1. The van der Waals surface area contributed by atoms with Crippen LogP contribution in [0.25, 0.3) is 0 Å². The van der Waals surface area contributed by atoms with Gasteiger partial charge in [0, 0.05) is 18.1 Å². The Hall–Kier alpha value is -0.740. The fraction of sp³-hybridized carbons (Fsp3) is 0.500. The Morgan fingerprint density at radius 1 is 1.57 bits per heavy atom. The molecule has 0 aliphatic rings. The summed E-state index contributed by atoms with van der Waals surface area (Å²) in [6.07, 6.45) is 0. The van der Waals surface area contributed by atoms with Gasteiger partial charge in [-0.3, -0.25) is 0 Å². The molecule has 0 aromatic carbocycles. The summed E-state index contributed by atoms with van der Waals surface area (Å²) >= 11 is 1.71. The average Bonchev–Trinajstić information content (AvgIpc) is 2.26. The van der Waals surface area contributed by atoms with Crippen LogP contribution in [0.4, 0.5) is 5.82 Å². The minimum atomic E-state index is 0.219. The molecule has 78 valence electrons. The number of aliphatic hydroxyl groups is 1. The third-order valence-electron chi connectivity index (χ3n) is 1.84. The first-order valence-electron chi connectivity index (χ1n) is 4.62. The molecule has 4 heteroatoms. The van der Waals surface area contributed by atoms with Crippen molar-refractivity contribution >= 4 is 17.6 Å². The van der Waals surface area contributed by atoms with Crippen LogP contribution in [0.2, 0.25) is 0 Å². The summed E-state index contributed by atoms with van der Waals surface area (Å²) in [6.45, 7) is 2.23. The van der Waals surface area contributed by atoms with Gasteiger partial charge < -0.3 is 10.4 Å². The highest BCUT2D eigenvalue weighted by atomic mass is 32.2. The Morgan fingerprint density at radius 2 is 2.36 bits per heavy atom. The Labute approximate surface area is 88.9 Å². The van der Waals surface area contributed by atoms with Crippen LogP contribution in [0.5, 0.6) is 0 Å². The summed E-state index contributed by atoms with van der Waals surface area (Å²) in [6, 6.07) is 5.92. The van der Waals surface area contributed by atoms with E-state index in [0.717, 1.165) is 17.3 Å². The van der Waals surface area contributed by atoms with Crippen molar-refractivity contribution in [2.75, 3.05) is 19.0 Å². The number of aliphatic hydroxyl groups excluding tert-OH is 1. The molecule has 0 radical (unpaired) electrons. The second-order valence-electron chi connectivity index (χ2n) is 3.07. The number of nitrogens with one attached hydrogen (secondary N) is 1. The van der Waals surface area contributed by atoms with E-state index in [0.29, 0.717) is 0 Å². The zero-order valence-electron chi connectivity index (χ0n) is 8.53. The van der Waals surface area contributed by atoms with Crippen LogP contribution in [0.15, 0.2) is 18.2 Å². The molecule has 2 N–H and O–H groups in total. The van der Waals surface area contributed by atoms with Crippen molar-refractivity contribution in [1.29, 1.82) is 0 Å². The molecule has 1 aromatic rings. The smallest absolute Gasteiger partial charge is 0.125 e. The van der Waals surface area contributed by atoms with Gasteiger partial charge in [0.2, 0.25) is 0 Å². The molecule has 0 fully saturated rings. The van der Waals surface area contributed by atoms with Gasteiger partial charge in [0.1, 0.15) is 5.82 Å². The fourth-order valence-corrected chi connectivity index (χ4v) is 1.70. The lowest BCUT2D eigenvalue weighted by molar-refractivity contribution is 0.300. The van der Waals surface area contributed by atoms with Crippen molar-refractivity contribution in [3.8, 4) is 0 Å². The molecule has 1 heterocycles. The summed E-state index contributed by atoms with van der Waals surface area (Å²) in [5.41, 5.74) is 1.04. The first kappa shape index (κ1) is 11.3. The molecule has 0 saturated carbocycles. The molecule has 3 nitrogen and oxygen atoms in total. The SMILES string of the molecule is CNc1cccc(CSC(C)CO)n1. The number of anilines is 1. The maximum atomic E-state index is 8.86. The zero-order chi connectivity index (χ0) is 10.4. The van der Waals surface area contributed by atoms with E-state index in [1.54, 1.807) is 11.8 Å². The van der Waals surface area contributed by atoms with Crippen LogP contribution < -0.4 is 5.32 Å². The van der Waals surface area contributed by atoms with Crippen LogP contribution in [0.1, 0.15) is 12.6 Å². The molecule has 1 aromatic heterocycles. The van der Waals surface area contributed by atoms with E-state index in [1.165, 1.54) is 0 Å². The quantitative estimate of drug-likeness (QED) is 0.780. The van der Waals surface area contributed by atoms with E-state index in [4.69, 9.17) is 5.11 Å². The van der Waals surface area contributed by atoms with Crippen molar-refractivity contribution < 1.29 is 5.11 Å².